The van der Waals surface area contributed by atoms with Gasteiger partial charge < -0.3 is 10.00 Å². The number of hydrogen-bond donors (Lipinski definition) is 2. The molecule has 0 aliphatic carbocycles. The van der Waals surface area contributed by atoms with Gasteiger partial charge in [0.1, 0.15) is 0 Å². The normalized spacial score (nSPS) is 15.3. The van der Waals surface area contributed by atoms with E-state index in [0.29, 0.717) is 6.42 Å². The first-order valence-corrected chi connectivity index (χ1v) is 9.47. The maximum Gasteiger partial charge on any atom is 0.307 e. The lowest BCUT2D eigenvalue weighted by Gasteiger charge is -2.17. The molecule has 0 bridgehead atoms. The van der Waals surface area contributed by atoms with Crippen molar-refractivity contribution in [3.63, 3.8) is 0 Å². The molecule has 4 nitrogen and oxygen atoms in total. The Balaban J connectivity index is 2.05. The Morgan fingerprint density at radius 2 is 1.90 bits per heavy atom. The molecule has 2 aromatic rings. The van der Waals surface area contributed by atoms with Crippen LogP contribution < -0.4 is 0 Å². The maximum atomic E-state index is 12.3. The van der Waals surface area contributed by atoms with Crippen molar-refractivity contribution in [2.45, 2.75) is 12.6 Å². The first-order valence-electron chi connectivity index (χ1n) is 6.56. The van der Waals surface area contributed by atoms with E-state index in [1.54, 1.807) is 24.3 Å². The highest BCUT2D eigenvalue weighted by atomic mass is 32.1. The van der Waals surface area contributed by atoms with E-state index >= 15 is 0 Å². The van der Waals surface area contributed by atoms with Crippen LogP contribution in [0.25, 0.3) is 0 Å². The fraction of sp³-hybridized carbons (Fsp3) is 0.267. The molecule has 2 unspecified atom stereocenters. The first kappa shape index (κ1) is 16.0. The third-order valence-corrected chi connectivity index (χ3v) is 5.92. The Kier molecular flexibility index (Phi) is 5.34. The van der Waals surface area contributed by atoms with Crippen molar-refractivity contribution in [3.05, 3.63) is 58.3 Å². The van der Waals surface area contributed by atoms with Crippen molar-refractivity contribution in [2.24, 2.45) is 5.92 Å². The van der Waals surface area contributed by atoms with E-state index in [0.717, 1.165) is 10.4 Å². The van der Waals surface area contributed by atoms with E-state index in [9.17, 15) is 19.4 Å². The van der Waals surface area contributed by atoms with E-state index in [-0.39, 0.29) is 12.3 Å². The molecule has 2 N–H and O–H groups in total. The Morgan fingerprint density at radius 3 is 2.48 bits per heavy atom. The van der Waals surface area contributed by atoms with E-state index in [1.807, 2.05) is 23.6 Å². The lowest BCUT2D eigenvalue weighted by Crippen LogP contribution is -2.20. The second kappa shape index (κ2) is 7.03. The van der Waals surface area contributed by atoms with Crippen LogP contribution in [0, 0.1) is 5.92 Å². The molecule has 0 saturated carbocycles. The van der Waals surface area contributed by atoms with Crippen LogP contribution in [-0.2, 0) is 21.9 Å². The highest BCUT2D eigenvalue weighted by Gasteiger charge is 2.29. The summed E-state index contributed by atoms with van der Waals surface area (Å²) in [5.74, 6) is -1.85. The van der Waals surface area contributed by atoms with Gasteiger partial charge in [0.25, 0.3) is 0 Å². The van der Waals surface area contributed by atoms with Crippen LogP contribution in [0.4, 0.5) is 0 Å². The summed E-state index contributed by atoms with van der Waals surface area (Å²) < 4.78 is 12.3. The molecule has 0 fully saturated rings. The zero-order valence-corrected chi connectivity index (χ0v) is 13.1. The standard InChI is InChI=1S/C15H17O4PS/c16-15(17)13(9-14-7-4-8-21-14)11-20(18,19)10-12-5-2-1-3-6-12/h1-8,13H,9-11H2,(H,16,17)(H,18,19). The van der Waals surface area contributed by atoms with Crippen LogP contribution in [0.3, 0.4) is 0 Å². The number of thiophene rings is 1. The molecule has 1 aromatic carbocycles. The molecule has 21 heavy (non-hydrogen) atoms. The smallest absolute Gasteiger partial charge is 0.307 e. The van der Waals surface area contributed by atoms with Crippen LogP contribution >= 0.6 is 18.7 Å². The molecule has 0 aliphatic heterocycles. The second-order valence-corrected chi connectivity index (χ2v) is 8.40. The predicted octanol–water partition coefficient (Wildman–Crippen LogP) is 3.46. The van der Waals surface area contributed by atoms with Gasteiger partial charge in [-0.15, -0.1) is 11.3 Å². The van der Waals surface area contributed by atoms with Gasteiger partial charge in [0.15, 0.2) is 0 Å². The minimum Gasteiger partial charge on any atom is -0.481 e. The quantitative estimate of drug-likeness (QED) is 0.765. The molecule has 0 spiro atoms. The summed E-state index contributed by atoms with van der Waals surface area (Å²) >= 11 is 1.46. The van der Waals surface area contributed by atoms with Gasteiger partial charge in [0.2, 0.25) is 7.37 Å². The lowest BCUT2D eigenvalue weighted by atomic mass is 10.1. The Morgan fingerprint density at radius 1 is 1.19 bits per heavy atom. The minimum absolute atomic E-state index is 0.0159. The topological polar surface area (TPSA) is 74.6 Å². The van der Waals surface area contributed by atoms with Crippen LogP contribution in [0.1, 0.15) is 10.4 Å². The number of benzene rings is 1. The van der Waals surface area contributed by atoms with E-state index in [1.165, 1.54) is 11.3 Å². The van der Waals surface area contributed by atoms with E-state index < -0.39 is 19.3 Å². The highest BCUT2D eigenvalue weighted by molar-refractivity contribution is 7.57. The number of carboxylic acid groups (broad SMARTS) is 1. The van der Waals surface area contributed by atoms with Gasteiger partial charge in [-0.1, -0.05) is 36.4 Å². The molecule has 2 rings (SSSR count). The van der Waals surface area contributed by atoms with Gasteiger partial charge >= 0.3 is 5.97 Å². The number of carboxylic acids is 1. The van der Waals surface area contributed by atoms with Crippen molar-refractivity contribution in [2.75, 3.05) is 6.16 Å². The molecule has 1 heterocycles. The van der Waals surface area contributed by atoms with Crippen molar-refractivity contribution in [1.82, 2.24) is 0 Å². The molecular weight excluding hydrogens is 307 g/mol. The van der Waals surface area contributed by atoms with Gasteiger partial charge in [0, 0.05) is 17.2 Å². The average molecular weight is 324 g/mol. The average Bonchev–Trinajstić information content (AvgIpc) is 2.91. The summed E-state index contributed by atoms with van der Waals surface area (Å²) in [5, 5.41) is 11.1. The van der Waals surface area contributed by atoms with Crippen LogP contribution in [0.2, 0.25) is 0 Å². The van der Waals surface area contributed by atoms with Crippen molar-refractivity contribution in [1.29, 1.82) is 0 Å². The maximum absolute atomic E-state index is 12.3. The van der Waals surface area contributed by atoms with Gasteiger partial charge in [-0.25, -0.2) is 0 Å². The van der Waals surface area contributed by atoms with Crippen molar-refractivity contribution >= 4 is 24.7 Å². The summed E-state index contributed by atoms with van der Waals surface area (Å²) in [5.41, 5.74) is 0.753. The minimum atomic E-state index is -3.52. The Hall–Kier alpha value is -1.42. The molecule has 0 amide bonds. The highest BCUT2D eigenvalue weighted by Crippen LogP contribution is 2.46. The molecule has 112 valence electrons. The van der Waals surface area contributed by atoms with E-state index in [4.69, 9.17) is 0 Å². The largest absolute Gasteiger partial charge is 0.481 e. The Bertz CT molecular complexity index is 624. The number of hydrogen-bond acceptors (Lipinski definition) is 3. The van der Waals surface area contributed by atoms with Gasteiger partial charge in [-0.05, 0) is 23.4 Å². The van der Waals surface area contributed by atoms with Crippen LogP contribution in [-0.4, -0.2) is 22.1 Å². The predicted molar refractivity (Wildman–Crippen MR) is 84.0 cm³/mol. The van der Waals surface area contributed by atoms with Crippen molar-refractivity contribution in [3.8, 4) is 0 Å². The zero-order chi connectivity index (χ0) is 15.3. The molecule has 2 atom stereocenters. The summed E-state index contributed by atoms with van der Waals surface area (Å²) in [7, 11) is -3.52. The SMILES string of the molecule is O=C(O)C(Cc1cccs1)CP(=O)(O)Cc1ccccc1. The fourth-order valence-corrected chi connectivity index (χ4v) is 4.85. The zero-order valence-electron chi connectivity index (χ0n) is 11.4. The molecule has 1 aromatic heterocycles. The van der Waals surface area contributed by atoms with Crippen LogP contribution in [0.5, 0.6) is 0 Å². The van der Waals surface area contributed by atoms with Crippen LogP contribution in [0.15, 0.2) is 47.8 Å². The molecule has 6 heteroatoms. The summed E-state index contributed by atoms with van der Waals surface area (Å²) in [6.07, 6.45) is 0.115. The summed E-state index contributed by atoms with van der Waals surface area (Å²) in [4.78, 5) is 22.4. The van der Waals surface area contributed by atoms with Crippen molar-refractivity contribution < 1.29 is 19.4 Å². The second-order valence-electron chi connectivity index (χ2n) is 4.99. The Labute approximate surface area is 127 Å². The monoisotopic (exact) mass is 324 g/mol. The van der Waals surface area contributed by atoms with Gasteiger partial charge in [-0.2, -0.15) is 0 Å². The summed E-state index contributed by atoms with van der Waals surface area (Å²) in [6.45, 7) is 0. The third kappa shape index (κ3) is 5.12. The molecular formula is C15H17O4PS. The molecule has 0 saturated heterocycles. The van der Waals surface area contributed by atoms with Gasteiger partial charge in [0.05, 0.1) is 5.92 Å². The molecule has 0 radical (unpaired) electrons. The first-order chi connectivity index (χ1) is 9.96. The number of rotatable bonds is 7. The number of carbonyl (C=O) groups is 1. The molecule has 0 aliphatic rings. The lowest BCUT2D eigenvalue weighted by molar-refractivity contribution is -0.140. The third-order valence-electron chi connectivity index (χ3n) is 3.16. The fourth-order valence-electron chi connectivity index (χ4n) is 2.18. The number of aliphatic carboxylic acids is 1. The van der Waals surface area contributed by atoms with Gasteiger partial charge in [-0.3, -0.25) is 9.36 Å². The summed E-state index contributed by atoms with van der Waals surface area (Å²) in [6, 6.07) is 12.7. The van der Waals surface area contributed by atoms with E-state index in [2.05, 4.69) is 0 Å².